The fraction of sp³-hybridized carbons (Fsp3) is 0.667. The molecule has 1 heterocycles. The molecule has 1 fully saturated rings. The lowest BCUT2D eigenvalue weighted by Crippen LogP contribution is -1.72. The van der Waals surface area contributed by atoms with Crippen LogP contribution in [0.4, 0.5) is 0 Å². The number of hydrogen-bond donors (Lipinski definition) is 0. The van der Waals surface area contributed by atoms with Gasteiger partial charge in [-0.3, -0.25) is 0 Å². The summed E-state index contributed by atoms with van der Waals surface area (Å²) in [7, 11) is 7.57. The van der Waals surface area contributed by atoms with Gasteiger partial charge in [0.25, 0.3) is 0 Å². The zero-order valence-corrected chi connectivity index (χ0v) is 6.89. The van der Waals surface area contributed by atoms with Crippen molar-refractivity contribution in [3.63, 3.8) is 0 Å². The fourth-order valence-electron chi connectivity index (χ4n) is 0.236. The second-order valence-electron chi connectivity index (χ2n) is 0.933. The molecule has 1 rings (SSSR count). The lowest BCUT2D eigenvalue weighted by atomic mass is 11.0. The van der Waals surface area contributed by atoms with E-state index >= 15 is 0 Å². The Hall–Kier alpha value is 1.40. The Kier molecular flexibility index (Phi) is 4.00. The lowest BCUT2D eigenvalue weighted by molar-refractivity contribution is 1.58. The summed E-state index contributed by atoms with van der Waals surface area (Å²) in [5.74, 6) is 2.58. The van der Waals surface area contributed by atoms with E-state index in [1.54, 1.807) is 0 Å². The maximum absolute atomic E-state index is 2.18. The first-order valence-corrected chi connectivity index (χ1v) is 6.65. The molecule has 7 heavy (non-hydrogen) atoms. The summed E-state index contributed by atoms with van der Waals surface area (Å²) in [4.78, 5) is 0. The highest BCUT2D eigenvalue weighted by molar-refractivity contribution is 8.87. The fourth-order valence-corrected chi connectivity index (χ4v) is 5.50. The molecule has 1 radical (unpaired) electrons. The van der Waals surface area contributed by atoms with E-state index in [9.17, 15) is 0 Å². The largest absolute Gasteiger partial charge is 0.0936 e. The monoisotopic (exact) mass is 169 g/mol. The third-order valence-corrected chi connectivity index (χ3v) is 5.60. The molecule has 1 saturated heterocycles. The van der Waals surface area contributed by atoms with Crippen molar-refractivity contribution < 1.29 is 0 Å². The van der Waals surface area contributed by atoms with Crippen LogP contribution in [0.2, 0.25) is 0 Å². The molecule has 0 aromatic carbocycles. The minimum Gasteiger partial charge on any atom is -0.0920 e. The van der Waals surface area contributed by atoms with Crippen molar-refractivity contribution >= 4 is 43.2 Å². The minimum atomic E-state index is 1.29. The topological polar surface area (TPSA) is 0 Å². The van der Waals surface area contributed by atoms with E-state index < -0.39 is 0 Å². The van der Waals surface area contributed by atoms with Gasteiger partial charge in [0.1, 0.15) is 0 Å². The van der Waals surface area contributed by atoms with Gasteiger partial charge < -0.3 is 0 Å². The summed E-state index contributed by atoms with van der Waals surface area (Å²) in [5.41, 5.74) is 0. The SMILES string of the molecule is [CH]1SSCCSS1. The van der Waals surface area contributed by atoms with Gasteiger partial charge in [-0.25, -0.2) is 0 Å². The van der Waals surface area contributed by atoms with Gasteiger partial charge in [-0.1, -0.05) is 43.2 Å². The zero-order valence-electron chi connectivity index (χ0n) is 3.62. The van der Waals surface area contributed by atoms with Crippen molar-refractivity contribution in [2.75, 3.05) is 11.5 Å². The molecule has 0 aromatic heterocycles. The van der Waals surface area contributed by atoms with Crippen LogP contribution in [0, 0.1) is 5.08 Å². The van der Waals surface area contributed by atoms with Crippen molar-refractivity contribution in [1.29, 1.82) is 0 Å². The third-order valence-electron chi connectivity index (χ3n) is 0.465. The molecule has 0 nitrogen and oxygen atoms in total. The van der Waals surface area contributed by atoms with Crippen LogP contribution in [0.5, 0.6) is 0 Å². The highest BCUT2D eigenvalue weighted by atomic mass is 33.1. The smallest absolute Gasteiger partial charge is 0.0920 e. The average molecular weight is 169 g/mol. The molecular formula is C3H5S4. The van der Waals surface area contributed by atoms with E-state index in [0.717, 1.165) is 0 Å². The van der Waals surface area contributed by atoms with Crippen LogP contribution in [0.15, 0.2) is 0 Å². The molecule has 0 spiro atoms. The molecule has 0 N–H and O–H groups in total. The Balaban J connectivity index is 2.04. The van der Waals surface area contributed by atoms with Gasteiger partial charge in [-0.15, -0.1) is 0 Å². The van der Waals surface area contributed by atoms with Crippen molar-refractivity contribution in [3.05, 3.63) is 5.08 Å². The molecule has 4 heteroatoms. The summed E-state index contributed by atoms with van der Waals surface area (Å²) in [6, 6.07) is 0. The maximum Gasteiger partial charge on any atom is 0.0936 e. The molecule has 0 bridgehead atoms. The molecule has 0 amide bonds. The standard InChI is InChI=1S/C3H5S4/c1-2-5-7-3-6-4-1/h3H,1-2H2. The summed E-state index contributed by atoms with van der Waals surface area (Å²) < 4.78 is 0. The number of rotatable bonds is 0. The van der Waals surface area contributed by atoms with Crippen LogP contribution < -0.4 is 0 Å². The van der Waals surface area contributed by atoms with E-state index in [1.165, 1.54) is 11.5 Å². The quantitative estimate of drug-likeness (QED) is 0.511. The van der Waals surface area contributed by atoms with Gasteiger partial charge in [0.2, 0.25) is 0 Å². The van der Waals surface area contributed by atoms with Gasteiger partial charge >= 0.3 is 0 Å². The highest BCUT2D eigenvalue weighted by Crippen LogP contribution is 2.40. The molecular weight excluding hydrogens is 164 g/mol. The summed E-state index contributed by atoms with van der Waals surface area (Å²) in [6.07, 6.45) is 0. The van der Waals surface area contributed by atoms with E-state index in [1.807, 2.05) is 43.2 Å². The molecule has 0 saturated carbocycles. The van der Waals surface area contributed by atoms with Crippen LogP contribution in [-0.2, 0) is 0 Å². The van der Waals surface area contributed by atoms with Crippen LogP contribution in [-0.4, -0.2) is 11.5 Å². The van der Waals surface area contributed by atoms with Crippen LogP contribution in [0.3, 0.4) is 0 Å². The van der Waals surface area contributed by atoms with Gasteiger partial charge in [-0.2, -0.15) is 0 Å². The second-order valence-corrected chi connectivity index (χ2v) is 5.94. The Labute approximate surface area is 59.8 Å². The maximum atomic E-state index is 2.18. The zero-order chi connectivity index (χ0) is 4.95. The molecule has 0 unspecified atom stereocenters. The minimum absolute atomic E-state index is 1.29. The second kappa shape index (κ2) is 4.30. The number of hydrogen-bond acceptors (Lipinski definition) is 4. The van der Waals surface area contributed by atoms with Crippen molar-refractivity contribution in [2.45, 2.75) is 0 Å². The lowest BCUT2D eigenvalue weighted by Gasteiger charge is -1.84. The first-order valence-electron chi connectivity index (χ1n) is 1.88. The van der Waals surface area contributed by atoms with Gasteiger partial charge in [0.15, 0.2) is 0 Å². The Morgan fingerprint density at radius 1 is 1.00 bits per heavy atom. The Morgan fingerprint density at radius 3 is 2.14 bits per heavy atom. The summed E-state index contributed by atoms with van der Waals surface area (Å²) >= 11 is 0. The van der Waals surface area contributed by atoms with E-state index in [4.69, 9.17) is 0 Å². The predicted octanol–water partition coefficient (Wildman–Crippen LogP) is 2.88. The van der Waals surface area contributed by atoms with E-state index in [2.05, 4.69) is 5.08 Å². The molecule has 0 aliphatic carbocycles. The van der Waals surface area contributed by atoms with Crippen LogP contribution in [0.1, 0.15) is 0 Å². The average Bonchev–Trinajstić information content (AvgIpc) is 1.90. The Morgan fingerprint density at radius 2 is 1.57 bits per heavy atom. The molecule has 1 aliphatic heterocycles. The van der Waals surface area contributed by atoms with Crippen molar-refractivity contribution in [3.8, 4) is 0 Å². The highest BCUT2D eigenvalue weighted by Gasteiger charge is 1.97. The molecule has 0 atom stereocenters. The van der Waals surface area contributed by atoms with Gasteiger partial charge in [0, 0.05) is 11.5 Å². The molecule has 41 valence electrons. The summed E-state index contributed by atoms with van der Waals surface area (Å²) in [6.45, 7) is 0. The Bertz CT molecular complexity index is 26.5. The van der Waals surface area contributed by atoms with E-state index in [-0.39, 0.29) is 0 Å². The van der Waals surface area contributed by atoms with Crippen molar-refractivity contribution in [2.24, 2.45) is 0 Å². The van der Waals surface area contributed by atoms with E-state index in [0.29, 0.717) is 0 Å². The first kappa shape index (κ1) is 6.52. The predicted molar refractivity (Wildman–Crippen MR) is 44.4 cm³/mol. The van der Waals surface area contributed by atoms with Gasteiger partial charge in [0.05, 0.1) is 5.08 Å². The summed E-state index contributed by atoms with van der Waals surface area (Å²) in [5, 5.41) is 2.18. The van der Waals surface area contributed by atoms with Gasteiger partial charge in [-0.05, 0) is 0 Å². The van der Waals surface area contributed by atoms with Crippen molar-refractivity contribution in [1.82, 2.24) is 0 Å². The van der Waals surface area contributed by atoms with Crippen LogP contribution >= 0.6 is 43.2 Å². The molecule has 0 aromatic rings. The third kappa shape index (κ3) is 3.06. The van der Waals surface area contributed by atoms with Crippen LogP contribution in [0.25, 0.3) is 0 Å². The normalized spacial score (nSPS) is 24.0. The molecule has 1 aliphatic rings. The first-order chi connectivity index (χ1) is 3.50.